The molecule has 0 saturated carbocycles. The quantitative estimate of drug-likeness (QED) is 0.748. The average molecular weight is 259 g/mol. The van der Waals surface area contributed by atoms with Crippen LogP contribution in [0.3, 0.4) is 0 Å². The SMILES string of the molecule is CCSCCCNC(C)c1cc(F)cc(F)c1. The van der Waals surface area contributed by atoms with E-state index >= 15 is 0 Å². The molecule has 0 heterocycles. The lowest BCUT2D eigenvalue weighted by Crippen LogP contribution is -2.20. The number of rotatable bonds is 7. The van der Waals surface area contributed by atoms with E-state index in [1.807, 2.05) is 18.7 Å². The van der Waals surface area contributed by atoms with Gasteiger partial charge in [-0.05, 0) is 49.1 Å². The van der Waals surface area contributed by atoms with Gasteiger partial charge in [0.25, 0.3) is 0 Å². The number of benzene rings is 1. The maximum Gasteiger partial charge on any atom is 0.126 e. The van der Waals surface area contributed by atoms with Crippen LogP contribution in [0.4, 0.5) is 8.78 Å². The van der Waals surface area contributed by atoms with Gasteiger partial charge in [-0.3, -0.25) is 0 Å². The van der Waals surface area contributed by atoms with E-state index in [2.05, 4.69) is 12.2 Å². The predicted octanol–water partition coefficient (Wildman–Crippen LogP) is 3.76. The molecule has 17 heavy (non-hydrogen) atoms. The molecule has 0 aromatic heterocycles. The molecule has 1 aromatic carbocycles. The fourth-order valence-electron chi connectivity index (χ4n) is 1.58. The second-order valence-electron chi connectivity index (χ2n) is 3.93. The van der Waals surface area contributed by atoms with Crippen LogP contribution in [0.1, 0.15) is 31.9 Å². The van der Waals surface area contributed by atoms with E-state index in [1.54, 1.807) is 0 Å². The Balaban J connectivity index is 2.38. The van der Waals surface area contributed by atoms with E-state index in [0.29, 0.717) is 5.56 Å². The molecule has 4 heteroatoms. The molecule has 1 N–H and O–H groups in total. The normalized spacial score (nSPS) is 12.7. The maximum absolute atomic E-state index is 13.0. The van der Waals surface area contributed by atoms with Gasteiger partial charge in [-0.25, -0.2) is 8.78 Å². The summed E-state index contributed by atoms with van der Waals surface area (Å²) < 4.78 is 26.0. The van der Waals surface area contributed by atoms with Crippen LogP contribution in [0, 0.1) is 11.6 Å². The molecular weight excluding hydrogens is 240 g/mol. The Bertz CT molecular complexity index is 324. The van der Waals surface area contributed by atoms with Crippen molar-refractivity contribution in [3.8, 4) is 0 Å². The van der Waals surface area contributed by atoms with Crippen LogP contribution in [0.15, 0.2) is 18.2 Å². The topological polar surface area (TPSA) is 12.0 Å². The Morgan fingerprint density at radius 3 is 2.47 bits per heavy atom. The molecular formula is C13H19F2NS. The second-order valence-corrected chi connectivity index (χ2v) is 5.32. The first kappa shape index (κ1) is 14.5. The number of thioether (sulfide) groups is 1. The van der Waals surface area contributed by atoms with Gasteiger partial charge in [0.1, 0.15) is 11.6 Å². The van der Waals surface area contributed by atoms with Crippen LogP contribution in [-0.2, 0) is 0 Å². The molecule has 0 bridgehead atoms. The highest BCUT2D eigenvalue weighted by Gasteiger charge is 2.07. The number of halogens is 2. The molecule has 1 atom stereocenters. The van der Waals surface area contributed by atoms with Gasteiger partial charge in [-0.1, -0.05) is 6.92 Å². The van der Waals surface area contributed by atoms with Crippen molar-refractivity contribution in [1.82, 2.24) is 5.32 Å². The van der Waals surface area contributed by atoms with Gasteiger partial charge < -0.3 is 5.32 Å². The molecule has 1 rings (SSSR count). The highest BCUT2D eigenvalue weighted by Crippen LogP contribution is 2.15. The van der Waals surface area contributed by atoms with Crippen molar-refractivity contribution in [2.75, 3.05) is 18.1 Å². The summed E-state index contributed by atoms with van der Waals surface area (Å²) in [4.78, 5) is 0. The zero-order valence-electron chi connectivity index (χ0n) is 10.3. The zero-order valence-corrected chi connectivity index (χ0v) is 11.1. The molecule has 0 aliphatic carbocycles. The van der Waals surface area contributed by atoms with Crippen molar-refractivity contribution in [3.05, 3.63) is 35.4 Å². The summed E-state index contributed by atoms with van der Waals surface area (Å²) in [5.74, 6) is 1.21. The Morgan fingerprint density at radius 2 is 1.88 bits per heavy atom. The predicted molar refractivity (Wildman–Crippen MR) is 70.4 cm³/mol. The monoisotopic (exact) mass is 259 g/mol. The van der Waals surface area contributed by atoms with Crippen molar-refractivity contribution >= 4 is 11.8 Å². The van der Waals surface area contributed by atoms with Crippen molar-refractivity contribution in [3.63, 3.8) is 0 Å². The Kier molecular flexibility index (Phi) is 6.52. The summed E-state index contributed by atoms with van der Waals surface area (Å²) >= 11 is 1.90. The first-order valence-electron chi connectivity index (χ1n) is 5.90. The third-order valence-corrected chi connectivity index (χ3v) is 3.49. The molecule has 1 aromatic rings. The van der Waals surface area contributed by atoms with Gasteiger partial charge in [0.05, 0.1) is 0 Å². The van der Waals surface area contributed by atoms with Gasteiger partial charge in [-0.15, -0.1) is 0 Å². The van der Waals surface area contributed by atoms with Crippen LogP contribution in [0.2, 0.25) is 0 Å². The molecule has 0 spiro atoms. The molecule has 0 aliphatic rings. The number of hydrogen-bond acceptors (Lipinski definition) is 2. The van der Waals surface area contributed by atoms with E-state index < -0.39 is 11.6 Å². The molecule has 0 amide bonds. The van der Waals surface area contributed by atoms with E-state index in [-0.39, 0.29) is 6.04 Å². The number of hydrogen-bond donors (Lipinski definition) is 1. The van der Waals surface area contributed by atoms with Crippen LogP contribution in [0.5, 0.6) is 0 Å². The van der Waals surface area contributed by atoms with Crippen molar-refractivity contribution < 1.29 is 8.78 Å². The van der Waals surface area contributed by atoms with E-state index in [0.717, 1.165) is 30.5 Å². The Hall–Kier alpha value is -0.610. The zero-order chi connectivity index (χ0) is 12.7. The summed E-state index contributed by atoms with van der Waals surface area (Å²) in [7, 11) is 0. The van der Waals surface area contributed by atoms with Crippen LogP contribution in [0.25, 0.3) is 0 Å². The van der Waals surface area contributed by atoms with Crippen molar-refractivity contribution in [1.29, 1.82) is 0 Å². The van der Waals surface area contributed by atoms with Crippen LogP contribution >= 0.6 is 11.8 Å². The minimum Gasteiger partial charge on any atom is -0.310 e. The maximum atomic E-state index is 13.0. The van der Waals surface area contributed by atoms with Gasteiger partial charge in [0, 0.05) is 12.1 Å². The summed E-state index contributed by atoms with van der Waals surface area (Å²) in [6, 6.07) is 3.63. The van der Waals surface area contributed by atoms with Gasteiger partial charge in [0.2, 0.25) is 0 Å². The lowest BCUT2D eigenvalue weighted by molar-refractivity contribution is 0.545. The highest BCUT2D eigenvalue weighted by molar-refractivity contribution is 7.99. The Morgan fingerprint density at radius 1 is 1.24 bits per heavy atom. The third-order valence-electron chi connectivity index (χ3n) is 2.50. The summed E-state index contributed by atoms with van der Waals surface area (Å²) in [6.45, 7) is 4.92. The smallest absolute Gasteiger partial charge is 0.126 e. The van der Waals surface area contributed by atoms with Crippen LogP contribution in [-0.4, -0.2) is 18.1 Å². The first-order chi connectivity index (χ1) is 8.13. The highest BCUT2D eigenvalue weighted by atomic mass is 32.2. The molecule has 1 nitrogen and oxygen atoms in total. The summed E-state index contributed by atoms with van der Waals surface area (Å²) in [5.41, 5.74) is 0.658. The molecule has 0 aliphatic heterocycles. The standard InChI is InChI=1S/C13H19F2NS/c1-3-17-6-4-5-16-10(2)11-7-12(14)9-13(15)8-11/h7-10,16H,3-6H2,1-2H3. The molecule has 0 fully saturated rings. The van der Waals surface area contributed by atoms with Gasteiger partial charge in [0.15, 0.2) is 0 Å². The van der Waals surface area contributed by atoms with Crippen molar-refractivity contribution in [2.45, 2.75) is 26.3 Å². The fourth-order valence-corrected chi connectivity index (χ4v) is 2.22. The van der Waals surface area contributed by atoms with Crippen molar-refractivity contribution in [2.24, 2.45) is 0 Å². The average Bonchev–Trinajstić information content (AvgIpc) is 2.27. The van der Waals surface area contributed by atoms with Crippen LogP contribution < -0.4 is 5.32 Å². The minimum atomic E-state index is -0.518. The molecule has 0 saturated heterocycles. The molecule has 0 radical (unpaired) electrons. The summed E-state index contributed by atoms with van der Waals surface area (Å²) in [5, 5.41) is 3.27. The molecule has 1 unspecified atom stereocenters. The van der Waals surface area contributed by atoms with E-state index in [4.69, 9.17) is 0 Å². The Labute approximate surface area is 106 Å². The van der Waals surface area contributed by atoms with E-state index in [1.165, 1.54) is 12.1 Å². The minimum absolute atomic E-state index is 0.0215. The van der Waals surface area contributed by atoms with Gasteiger partial charge in [-0.2, -0.15) is 11.8 Å². The molecule has 96 valence electrons. The number of nitrogens with one attached hydrogen (secondary N) is 1. The lowest BCUT2D eigenvalue weighted by Gasteiger charge is -2.14. The second kappa shape index (κ2) is 7.67. The van der Waals surface area contributed by atoms with E-state index in [9.17, 15) is 8.78 Å². The van der Waals surface area contributed by atoms with Gasteiger partial charge >= 0.3 is 0 Å². The lowest BCUT2D eigenvalue weighted by atomic mass is 10.1. The fraction of sp³-hybridized carbons (Fsp3) is 0.538. The first-order valence-corrected chi connectivity index (χ1v) is 7.06. The summed E-state index contributed by atoms with van der Waals surface area (Å²) in [6.07, 6.45) is 1.07. The third kappa shape index (κ3) is 5.50. The largest absolute Gasteiger partial charge is 0.310 e.